The molecule has 1 aliphatic rings. The van der Waals surface area contributed by atoms with E-state index in [2.05, 4.69) is 15.4 Å². The van der Waals surface area contributed by atoms with Gasteiger partial charge in [-0.05, 0) is 42.3 Å². The average molecular weight is 545 g/mol. The summed E-state index contributed by atoms with van der Waals surface area (Å²) in [6.07, 6.45) is 2.15. The molecule has 10 nitrogen and oxygen atoms in total. The Morgan fingerprint density at radius 1 is 1.22 bits per heavy atom. The second-order valence-electron chi connectivity index (χ2n) is 8.30. The van der Waals surface area contributed by atoms with E-state index < -0.39 is 10.0 Å². The summed E-state index contributed by atoms with van der Waals surface area (Å²) in [4.78, 5) is 30.6. The lowest BCUT2D eigenvalue weighted by molar-refractivity contribution is -0.121. The molecule has 0 aliphatic carbocycles. The van der Waals surface area contributed by atoms with Crippen molar-refractivity contribution in [2.45, 2.75) is 28.9 Å². The fourth-order valence-corrected chi connectivity index (χ4v) is 5.89. The summed E-state index contributed by atoms with van der Waals surface area (Å²) in [6, 6.07) is 13.0. The maximum atomic E-state index is 13.3. The van der Waals surface area contributed by atoms with Crippen LogP contribution in [0.15, 0.2) is 69.6 Å². The van der Waals surface area contributed by atoms with Crippen molar-refractivity contribution in [3.05, 3.63) is 75.7 Å². The van der Waals surface area contributed by atoms with E-state index in [4.69, 9.17) is 16.7 Å². The molecular weight excluding hydrogens is 524 g/mol. The Morgan fingerprint density at radius 2 is 2.00 bits per heavy atom. The van der Waals surface area contributed by atoms with Crippen molar-refractivity contribution in [3.8, 4) is 5.69 Å². The highest BCUT2D eigenvalue weighted by atomic mass is 35.5. The van der Waals surface area contributed by atoms with Gasteiger partial charge in [0.1, 0.15) is 5.39 Å². The van der Waals surface area contributed by atoms with E-state index in [1.807, 2.05) is 6.07 Å². The molecule has 0 spiro atoms. The summed E-state index contributed by atoms with van der Waals surface area (Å²) in [5, 5.41) is 13.8. The van der Waals surface area contributed by atoms with Crippen molar-refractivity contribution < 1.29 is 13.2 Å². The van der Waals surface area contributed by atoms with E-state index in [-0.39, 0.29) is 28.8 Å². The fourth-order valence-electron chi connectivity index (χ4n) is 4.06. The molecule has 3 heterocycles. The molecule has 1 unspecified atom stereocenters. The molecule has 0 saturated carbocycles. The zero-order valence-electron chi connectivity index (χ0n) is 18.8. The van der Waals surface area contributed by atoms with Gasteiger partial charge in [-0.25, -0.2) is 23.2 Å². The first-order valence-corrected chi connectivity index (χ1v) is 13.9. The number of nitrogens with two attached hydrogens (primary N) is 1. The molecule has 1 amide bonds. The summed E-state index contributed by atoms with van der Waals surface area (Å²) in [5.74, 6) is 0.373. The van der Waals surface area contributed by atoms with Gasteiger partial charge in [0.25, 0.3) is 5.56 Å². The molecule has 5 rings (SSSR count). The smallest absolute Gasteiger partial charge is 0.265 e. The number of carbonyl (C=O) groups is 1. The van der Waals surface area contributed by atoms with Gasteiger partial charge < -0.3 is 5.32 Å². The molecule has 3 N–H and O–H groups in total. The zero-order chi connectivity index (χ0) is 25.4. The third kappa shape index (κ3) is 4.89. The minimum atomic E-state index is -3.74. The minimum Gasteiger partial charge on any atom is -0.356 e. The van der Waals surface area contributed by atoms with Crippen LogP contribution in [-0.4, -0.2) is 46.0 Å². The highest BCUT2D eigenvalue weighted by Crippen LogP contribution is 2.33. The SMILES string of the molecule is NS(=O)(=O)c1ccc(CCNC(=O)CC2CSc3nc4c(cnn4-c4cccc(Cl)c4)c(=O)n32)cc1. The van der Waals surface area contributed by atoms with E-state index in [0.29, 0.717) is 45.6 Å². The molecule has 0 fully saturated rings. The number of benzene rings is 2. The van der Waals surface area contributed by atoms with E-state index in [9.17, 15) is 18.0 Å². The Labute approximate surface area is 215 Å². The number of nitrogens with one attached hydrogen (secondary N) is 1. The van der Waals surface area contributed by atoms with Crippen LogP contribution >= 0.6 is 23.4 Å². The summed E-state index contributed by atoms with van der Waals surface area (Å²) in [6.45, 7) is 0.374. The summed E-state index contributed by atoms with van der Waals surface area (Å²) >= 11 is 7.53. The van der Waals surface area contributed by atoms with Gasteiger partial charge in [-0.3, -0.25) is 14.2 Å². The largest absolute Gasteiger partial charge is 0.356 e. The Hall–Kier alpha value is -3.19. The first-order valence-electron chi connectivity index (χ1n) is 11.0. The topological polar surface area (TPSA) is 142 Å². The molecule has 186 valence electrons. The highest BCUT2D eigenvalue weighted by molar-refractivity contribution is 7.99. The normalized spacial score (nSPS) is 15.2. The monoisotopic (exact) mass is 544 g/mol. The van der Waals surface area contributed by atoms with Crippen LogP contribution in [0.5, 0.6) is 0 Å². The number of nitrogens with zero attached hydrogens (tertiary/aromatic N) is 4. The van der Waals surface area contributed by atoms with Gasteiger partial charge in [0.15, 0.2) is 10.8 Å². The quantitative estimate of drug-likeness (QED) is 0.340. The van der Waals surface area contributed by atoms with Crippen LogP contribution in [0.2, 0.25) is 5.02 Å². The van der Waals surface area contributed by atoms with Crippen LogP contribution in [0.25, 0.3) is 16.7 Å². The number of amides is 1. The standard InChI is InChI=1S/C23H21ClN6O4S2/c24-15-2-1-3-16(10-15)30-21-19(12-27-30)22(32)29-17(13-35-23(29)28-21)11-20(31)26-9-8-14-4-6-18(7-5-14)36(25,33)34/h1-7,10,12,17H,8-9,11,13H2,(H,26,31)(H2,25,33,34). The van der Waals surface area contributed by atoms with Crippen molar-refractivity contribution in [1.29, 1.82) is 0 Å². The molecule has 1 atom stereocenters. The van der Waals surface area contributed by atoms with Crippen molar-refractivity contribution in [2.75, 3.05) is 12.3 Å². The van der Waals surface area contributed by atoms with Gasteiger partial charge in [-0.2, -0.15) is 5.10 Å². The molecule has 0 radical (unpaired) electrons. The number of aromatic nitrogens is 4. The van der Waals surface area contributed by atoms with Gasteiger partial charge in [-0.1, -0.05) is 41.6 Å². The lowest BCUT2D eigenvalue weighted by atomic mass is 10.1. The Morgan fingerprint density at radius 3 is 2.72 bits per heavy atom. The van der Waals surface area contributed by atoms with Gasteiger partial charge in [0.05, 0.1) is 22.8 Å². The predicted octanol–water partition coefficient (Wildman–Crippen LogP) is 2.28. The number of sulfonamides is 1. The van der Waals surface area contributed by atoms with Gasteiger partial charge >= 0.3 is 0 Å². The molecule has 36 heavy (non-hydrogen) atoms. The lowest BCUT2D eigenvalue weighted by Crippen LogP contribution is -2.31. The van der Waals surface area contributed by atoms with Crippen LogP contribution < -0.4 is 16.0 Å². The molecule has 2 aromatic heterocycles. The second kappa shape index (κ2) is 9.69. The van der Waals surface area contributed by atoms with Gasteiger partial charge in [-0.15, -0.1) is 0 Å². The summed E-state index contributed by atoms with van der Waals surface area (Å²) in [7, 11) is -3.74. The number of halogens is 1. The average Bonchev–Trinajstić information content (AvgIpc) is 3.44. The summed E-state index contributed by atoms with van der Waals surface area (Å²) < 4.78 is 25.9. The van der Waals surface area contributed by atoms with Crippen LogP contribution in [0.1, 0.15) is 18.0 Å². The Kier molecular flexibility index (Phi) is 6.60. The lowest BCUT2D eigenvalue weighted by Gasteiger charge is -2.13. The van der Waals surface area contributed by atoms with Crippen LogP contribution in [0, 0.1) is 0 Å². The van der Waals surface area contributed by atoms with E-state index >= 15 is 0 Å². The molecule has 13 heteroatoms. The minimum absolute atomic E-state index is 0.0407. The number of thioether (sulfide) groups is 1. The van der Waals surface area contributed by atoms with Crippen molar-refractivity contribution in [3.63, 3.8) is 0 Å². The van der Waals surface area contributed by atoms with Crippen molar-refractivity contribution >= 4 is 50.3 Å². The third-order valence-corrected chi connectivity index (χ3v) is 8.09. The van der Waals surface area contributed by atoms with E-state index in [0.717, 1.165) is 5.56 Å². The molecule has 0 bridgehead atoms. The van der Waals surface area contributed by atoms with Crippen LogP contribution in [-0.2, 0) is 21.2 Å². The Balaban J connectivity index is 1.27. The number of primary sulfonamides is 1. The van der Waals surface area contributed by atoms with Crippen molar-refractivity contribution in [1.82, 2.24) is 24.6 Å². The zero-order valence-corrected chi connectivity index (χ0v) is 21.2. The van der Waals surface area contributed by atoms with E-state index in [1.165, 1.54) is 30.1 Å². The molecule has 1 aliphatic heterocycles. The van der Waals surface area contributed by atoms with Crippen LogP contribution in [0.3, 0.4) is 0 Å². The number of fused-ring (bicyclic) bond motifs is 2. The predicted molar refractivity (Wildman–Crippen MR) is 137 cm³/mol. The second-order valence-corrected chi connectivity index (χ2v) is 11.3. The summed E-state index contributed by atoms with van der Waals surface area (Å²) in [5.41, 5.74) is 1.78. The maximum absolute atomic E-state index is 13.3. The third-order valence-electron chi connectivity index (χ3n) is 5.83. The number of hydrogen-bond acceptors (Lipinski definition) is 7. The van der Waals surface area contributed by atoms with Gasteiger partial charge in [0.2, 0.25) is 15.9 Å². The van der Waals surface area contributed by atoms with Crippen molar-refractivity contribution in [2.24, 2.45) is 5.14 Å². The molecule has 2 aromatic carbocycles. The molecule has 4 aromatic rings. The van der Waals surface area contributed by atoms with E-state index in [1.54, 1.807) is 39.6 Å². The highest BCUT2D eigenvalue weighted by Gasteiger charge is 2.29. The molecule has 0 saturated heterocycles. The number of rotatable bonds is 7. The number of hydrogen-bond donors (Lipinski definition) is 2. The Bertz CT molecular complexity index is 1630. The molecular formula is C23H21ClN6O4S2. The maximum Gasteiger partial charge on any atom is 0.265 e. The fraction of sp³-hybridized carbons (Fsp3) is 0.217. The first-order chi connectivity index (χ1) is 17.2. The van der Waals surface area contributed by atoms with Crippen LogP contribution in [0.4, 0.5) is 0 Å². The van der Waals surface area contributed by atoms with Gasteiger partial charge in [0, 0.05) is 23.7 Å². The first kappa shape index (κ1) is 24.5. The number of carbonyl (C=O) groups excluding carboxylic acids is 1.